The fourth-order valence-electron chi connectivity index (χ4n) is 4.27. The molecule has 7 heteroatoms. The number of urea groups is 1. The van der Waals surface area contributed by atoms with E-state index >= 15 is 0 Å². The van der Waals surface area contributed by atoms with Crippen LogP contribution in [0, 0.1) is 0 Å². The standard InChI is InChI=1S/C20H21N5O2/c1-2-21-19(27)24-11-20(12-24)5-6-25-18(20)9-17(23-25)14-7-13-8-15(26)3-4-16(13)22-10-14/h3-4,7-10,26H,2,5-6,11-12H2,1H3,(H,21,27). The molecule has 0 atom stereocenters. The summed E-state index contributed by atoms with van der Waals surface area (Å²) in [7, 11) is 0. The number of nitrogens with zero attached hydrogens (tertiary/aromatic N) is 4. The van der Waals surface area contributed by atoms with Crippen molar-refractivity contribution in [1.29, 1.82) is 0 Å². The largest absolute Gasteiger partial charge is 0.508 e. The van der Waals surface area contributed by atoms with Crippen LogP contribution in [0.3, 0.4) is 0 Å². The fraction of sp³-hybridized carbons (Fsp3) is 0.350. The van der Waals surface area contributed by atoms with Crippen molar-refractivity contribution in [2.75, 3.05) is 19.6 Å². The Morgan fingerprint density at radius 2 is 2.15 bits per heavy atom. The molecule has 2 aliphatic rings. The van der Waals surface area contributed by atoms with Crippen LogP contribution in [0.4, 0.5) is 4.79 Å². The number of aromatic hydroxyl groups is 1. The SMILES string of the molecule is CCNC(=O)N1CC2(CCn3nc(-c4cnc5ccc(O)cc5c4)cc32)C1. The molecule has 4 heterocycles. The number of hydrogen-bond acceptors (Lipinski definition) is 4. The molecule has 7 nitrogen and oxygen atoms in total. The normalized spacial score (nSPS) is 17.1. The average molecular weight is 363 g/mol. The maximum atomic E-state index is 12.0. The second-order valence-corrected chi connectivity index (χ2v) is 7.46. The van der Waals surface area contributed by atoms with Crippen LogP contribution >= 0.6 is 0 Å². The fourth-order valence-corrected chi connectivity index (χ4v) is 4.27. The first-order valence-corrected chi connectivity index (χ1v) is 9.28. The Morgan fingerprint density at radius 1 is 1.30 bits per heavy atom. The minimum Gasteiger partial charge on any atom is -0.508 e. The van der Waals surface area contributed by atoms with Crippen molar-refractivity contribution in [2.24, 2.45) is 0 Å². The highest BCUT2D eigenvalue weighted by Crippen LogP contribution is 2.43. The summed E-state index contributed by atoms with van der Waals surface area (Å²) in [4.78, 5) is 18.4. The van der Waals surface area contributed by atoms with E-state index in [1.165, 1.54) is 5.69 Å². The second-order valence-electron chi connectivity index (χ2n) is 7.46. The van der Waals surface area contributed by atoms with Crippen molar-refractivity contribution >= 4 is 16.9 Å². The highest BCUT2D eigenvalue weighted by Gasteiger charge is 2.51. The number of phenols is 1. The summed E-state index contributed by atoms with van der Waals surface area (Å²) in [6.45, 7) is 4.94. The number of likely N-dealkylation sites (tertiary alicyclic amines) is 1. The van der Waals surface area contributed by atoms with E-state index in [9.17, 15) is 9.90 Å². The van der Waals surface area contributed by atoms with Gasteiger partial charge in [0.15, 0.2) is 0 Å². The summed E-state index contributed by atoms with van der Waals surface area (Å²) in [5.74, 6) is 0.229. The predicted octanol–water partition coefficient (Wildman–Crippen LogP) is 2.49. The summed E-state index contributed by atoms with van der Waals surface area (Å²) >= 11 is 0. The zero-order chi connectivity index (χ0) is 18.6. The van der Waals surface area contributed by atoms with Crippen LogP contribution in [-0.4, -0.2) is 50.4 Å². The maximum absolute atomic E-state index is 12.0. The lowest BCUT2D eigenvalue weighted by molar-refractivity contribution is 0.0925. The Kier molecular flexibility index (Phi) is 3.40. The number of carbonyl (C=O) groups is 1. The molecule has 0 radical (unpaired) electrons. The number of hydrogen-bond donors (Lipinski definition) is 2. The quantitative estimate of drug-likeness (QED) is 0.733. The number of rotatable bonds is 2. The molecule has 1 fully saturated rings. The maximum Gasteiger partial charge on any atom is 0.317 e. The second kappa shape index (κ2) is 5.70. The predicted molar refractivity (Wildman–Crippen MR) is 102 cm³/mol. The topological polar surface area (TPSA) is 83.3 Å². The number of amides is 2. The molecule has 2 aliphatic heterocycles. The molecule has 1 spiro atoms. The molecule has 27 heavy (non-hydrogen) atoms. The third-order valence-electron chi connectivity index (χ3n) is 5.69. The summed E-state index contributed by atoms with van der Waals surface area (Å²) in [6.07, 6.45) is 2.85. The molecule has 5 rings (SSSR count). The van der Waals surface area contributed by atoms with Crippen LogP contribution in [-0.2, 0) is 12.0 Å². The van der Waals surface area contributed by atoms with Crippen LogP contribution in [0.2, 0.25) is 0 Å². The average Bonchev–Trinajstić information content (AvgIpc) is 3.19. The number of benzene rings is 1. The molecule has 2 amide bonds. The summed E-state index contributed by atoms with van der Waals surface area (Å²) < 4.78 is 2.07. The van der Waals surface area contributed by atoms with Gasteiger partial charge in [0, 0.05) is 54.4 Å². The Labute approximate surface area is 156 Å². The lowest BCUT2D eigenvalue weighted by Gasteiger charge is -2.47. The van der Waals surface area contributed by atoms with Crippen LogP contribution < -0.4 is 5.32 Å². The highest BCUT2D eigenvalue weighted by molar-refractivity contribution is 5.84. The van der Waals surface area contributed by atoms with Crippen LogP contribution in [0.1, 0.15) is 19.0 Å². The summed E-state index contributed by atoms with van der Waals surface area (Å²) in [5.41, 5.74) is 3.90. The number of fused-ring (bicyclic) bond motifs is 3. The number of aromatic nitrogens is 3. The first-order valence-electron chi connectivity index (χ1n) is 9.28. The molecule has 0 aliphatic carbocycles. The Balaban J connectivity index is 1.44. The smallest absolute Gasteiger partial charge is 0.317 e. The molecule has 1 saturated heterocycles. The van der Waals surface area contributed by atoms with Gasteiger partial charge >= 0.3 is 6.03 Å². The van der Waals surface area contributed by atoms with Crippen molar-refractivity contribution in [3.63, 3.8) is 0 Å². The molecular formula is C20H21N5O2. The third-order valence-corrected chi connectivity index (χ3v) is 5.69. The summed E-state index contributed by atoms with van der Waals surface area (Å²) in [5, 5.41) is 18.2. The van der Waals surface area contributed by atoms with Crippen LogP contribution in [0.25, 0.3) is 22.2 Å². The lowest BCUT2D eigenvalue weighted by Crippen LogP contribution is -2.62. The van der Waals surface area contributed by atoms with Gasteiger partial charge in [-0.25, -0.2) is 4.79 Å². The number of pyridine rings is 1. The van der Waals surface area contributed by atoms with Crippen molar-refractivity contribution < 1.29 is 9.90 Å². The van der Waals surface area contributed by atoms with E-state index in [1.54, 1.807) is 18.2 Å². The van der Waals surface area contributed by atoms with E-state index in [-0.39, 0.29) is 17.2 Å². The van der Waals surface area contributed by atoms with Crippen molar-refractivity contribution in [2.45, 2.75) is 25.3 Å². The summed E-state index contributed by atoms with van der Waals surface area (Å²) in [6, 6.07) is 9.32. The minimum atomic E-state index is 0.0138. The lowest BCUT2D eigenvalue weighted by atomic mass is 9.76. The monoisotopic (exact) mass is 363 g/mol. The molecule has 1 aromatic carbocycles. The van der Waals surface area contributed by atoms with E-state index in [1.807, 2.05) is 24.1 Å². The molecular weight excluding hydrogens is 342 g/mol. The molecule has 0 saturated carbocycles. The van der Waals surface area contributed by atoms with Crippen LogP contribution in [0.5, 0.6) is 5.75 Å². The number of nitrogens with one attached hydrogen (secondary N) is 1. The van der Waals surface area contributed by atoms with Gasteiger partial charge in [-0.15, -0.1) is 0 Å². The zero-order valence-corrected chi connectivity index (χ0v) is 15.1. The molecule has 0 bridgehead atoms. The molecule has 0 unspecified atom stereocenters. The highest BCUT2D eigenvalue weighted by atomic mass is 16.3. The third kappa shape index (κ3) is 2.45. The first-order chi connectivity index (χ1) is 13.1. The van der Waals surface area contributed by atoms with E-state index in [0.717, 1.165) is 48.2 Å². The molecule has 3 aromatic rings. The van der Waals surface area contributed by atoms with E-state index in [4.69, 9.17) is 5.10 Å². The van der Waals surface area contributed by atoms with E-state index < -0.39 is 0 Å². The zero-order valence-electron chi connectivity index (χ0n) is 15.1. The Bertz CT molecular complexity index is 1050. The minimum absolute atomic E-state index is 0.0138. The van der Waals surface area contributed by atoms with Gasteiger partial charge in [0.2, 0.25) is 0 Å². The van der Waals surface area contributed by atoms with Crippen molar-refractivity contribution in [1.82, 2.24) is 25.0 Å². The van der Waals surface area contributed by atoms with Gasteiger partial charge in [0.05, 0.1) is 11.2 Å². The molecule has 2 N–H and O–H groups in total. The van der Waals surface area contributed by atoms with Gasteiger partial charge in [-0.1, -0.05) is 0 Å². The van der Waals surface area contributed by atoms with Gasteiger partial charge < -0.3 is 15.3 Å². The van der Waals surface area contributed by atoms with Gasteiger partial charge in [-0.05, 0) is 43.7 Å². The number of carbonyl (C=O) groups excluding carboxylic acids is 1. The Hall–Kier alpha value is -3.09. The number of phenolic OH excluding ortho intramolecular Hbond substituents is 1. The first kappa shape index (κ1) is 16.1. The van der Waals surface area contributed by atoms with Gasteiger partial charge in [-0.2, -0.15) is 5.10 Å². The van der Waals surface area contributed by atoms with E-state index in [2.05, 4.69) is 21.0 Å². The van der Waals surface area contributed by atoms with E-state index in [0.29, 0.717) is 6.54 Å². The van der Waals surface area contributed by atoms with Gasteiger partial charge in [-0.3, -0.25) is 9.67 Å². The van der Waals surface area contributed by atoms with Gasteiger partial charge in [0.25, 0.3) is 0 Å². The Morgan fingerprint density at radius 3 is 2.96 bits per heavy atom. The molecule has 2 aromatic heterocycles. The number of aryl methyl sites for hydroxylation is 1. The van der Waals surface area contributed by atoms with Crippen LogP contribution in [0.15, 0.2) is 36.5 Å². The van der Waals surface area contributed by atoms with Gasteiger partial charge in [0.1, 0.15) is 5.75 Å². The van der Waals surface area contributed by atoms with Crippen molar-refractivity contribution in [3.8, 4) is 17.0 Å². The van der Waals surface area contributed by atoms with Crippen molar-refractivity contribution in [3.05, 3.63) is 42.2 Å². The molecule has 138 valence electrons.